The smallest absolute Gasteiger partial charge is 0.124 e. The van der Waals surface area contributed by atoms with Gasteiger partial charge in [-0.05, 0) is 36.8 Å². The lowest BCUT2D eigenvalue weighted by atomic mass is 10.0. The minimum Gasteiger partial charge on any atom is -0.496 e. The summed E-state index contributed by atoms with van der Waals surface area (Å²) in [6.07, 6.45) is -0.612. The highest BCUT2D eigenvalue weighted by molar-refractivity contribution is 6.30. The van der Waals surface area contributed by atoms with Gasteiger partial charge in [0.1, 0.15) is 5.75 Å². The van der Waals surface area contributed by atoms with Gasteiger partial charge in [-0.3, -0.25) is 0 Å². The number of aliphatic hydroxyl groups is 1. The molecular weight excluding hydrogens is 286 g/mol. The summed E-state index contributed by atoms with van der Waals surface area (Å²) in [6.45, 7) is 3.10. The van der Waals surface area contributed by atoms with Crippen molar-refractivity contribution in [1.29, 1.82) is 0 Å². The zero-order valence-corrected chi connectivity index (χ0v) is 13.0. The van der Waals surface area contributed by atoms with Gasteiger partial charge in [0.25, 0.3) is 0 Å². The molecule has 2 N–H and O–H groups in total. The summed E-state index contributed by atoms with van der Waals surface area (Å²) in [7, 11) is 1.61. The van der Waals surface area contributed by atoms with Crippen molar-refractivity contribution in [1.82, 2.24) is 5.32 Å². The number of ether oxygens (including phenoxy) is 1. The molecule has 0 fully saturated rings. The summed E-state index contributed by atoms with van der Waals surface area (Å²) in [4.78, 5) is 0. The monoisotopic (exact) mass is 305 g/mol. The van der Waals surface area contributed by atoms with Gasteiger partial charge in [0.2, 0.25) is 0 Å². The van der Waals surface area contributed by atoms with Crippen molar-refractivity contribution < 1.29 is 9.84 Å². The van der Waals surface area contributed by atoms with Crippen LogP contribution in [-0.4, -0.2) is 18.8 Å². The van der Waals surface area contributed by atoms with Crippen LogP contribution >= 0.6 is 11.6 Å². The fourth-order valence-electron chi connectivity index (χ4n) is 2.22. The Hall–Kier alpha value is -1.55. The molecule has 0 amide bonds. The molecule has 2 aromatic rings. The van der Waals surface area contributed by atoms with Crippen LogP contribution in [0.2, 0.25) is 5.02 Å². The first-order valence-electron chi connectivity index (χ1n) is 6.88. The molecule has 1 atom stereocenters. The van der Waals surface area contributed by atoms with Crippen LogP contribution in [0.1, 0.15) is 22.8 Å². The summed E-state index contributed by atoms with van der Waals surface area (Å²) >= 11 is 5.95. The number of aliphatic hydroxyl groups excluding tert-OH is 1. The van der Waals surface area contributed by atoms with Gasteiger partial charge < -0.3 is 15.2 Å². The SMILES string of the molecule is COc1ccc(C)cc1C(O)CNCc1cccc(Cl)c1. The number of methoxy groups -OCH3 is 1. The second kappa shape index (κ2) is 7.46. The van der Waals surface area contributed by atoms with Crippen molar-refractivity contribution in [3.8, 4) is 5.75 Å². The topological polar surface area (TPSA) is 41.5 Å². The molecule has 0 aliphatic carbocycles. The molecule has 0 aliphatic rings. The standard InChI is InChI=1S/C17H20ClNO2/c1-12-6-7-17(21-2)15(8-12)16(20)11-19-10-13-4-3-5-14(18)9-13/h3-9,16,19-20H,10-11H2,1-2H3. The number of rotatable bonds is 6. The summed E-state index contributed by atoms with van der Waals surface area (Å²) in [5, 5.41) is 14.3. The van der Waals surface area contributed by atoms with Crippen LogP contribution in [0.25, 0.3) is 0 Å². The first kappa shape index (κ1) is 15.8. The molecule has 0 saturated carbocycles. The van der Waals surface area contributed by atoms with E-state index in [2.05, 4.69) is 5.32 Å². The third-order valence-corrected chi connectivity index (χ3v) is 3.54. The zero-order valence-electron chi connectivity index (χ0n) is 12.3. The van der Waals surface area contributed by atoms with Gasteiger partial charge in [0.05, 0.1) is 13.2 Å². The third-order valence-electron chi connectivity index (χ3n) is 3.30. The van der Waals surface area contributed by atoms with Crippen molar-refractivity contribution in [2.24, 2.45) is 0 Å². The summed E-state index contributed by atoms with van der Waals surface area (Å²) in [5.74, 6) is 0.706. The average Bonchev–Trinajstić information content (AvgIpc) is 2.47. The molecule has 2 rings (SSSR count). The van der Waals surface area contributed by atoms with E-state index in [1.165, 1.54) is 0 Å². The van der Waals surface area contributed by atoms with E-state index >= 15 is 0 Å². The van der Waals surface area contributed by atoms with Gasteiger partial charge in [-0.2, -0.15) is 0 Å². The van der Waals surface area contributed by atoms with Gasteiger partial charge in [-0.1, -0.05) is 35.4 Å². The molecule has 2 aromatic carbocycles. The quantitative estimate of drug-likeness (QED) is 0.858. The van der Waals surface area contributed by atoms with Gasteiger partial charge in [0.15, 0.2) is 0 Å². The zero-order chi connectivity index (χ0) is 15.2. The van der Waals surface area contributed by atoms with Crippen LogP contribution in [-0.2, 0) is 6.54 Å². The minimum atomic E-state index is -0.612. The molecule has 0 aromatic heterocycles. The maximum atomic E-state index is 10.3. The third kappa shape index (κ3) is 4.46. The lowest BCUT2D eigenvalue weighted by Crippen LogP contribution is -2.21. The van der Waals surface area contributed by atoms with Gasteiger partial charge in [0, 0.05) is 23.7 Å². The van der Waals surface area contributed by atoms with Gasteiger partial charge in [-0.15, -0.1) is 0 Å². The van der Waals surface area contributed by atoms with Gasteiger partial charge in [-0.25, -0.2) is 0 Å². The molecule has 0 spiro atoms. The Morgan fingerprint density at radius 2 is 2.05 bits per heavy atom. The lowest BCUT2D eigenvalue weighted by Gasteiger charge is -2.16. The number of aryl methyl sites for hydroxylation is 1. The van der Waals surface area contributed by atoms with E-state index in [1.807, 2.05) is 49.4 Å². The number of nitrogens with one attached hydrogen (secondary N) is 1. The normalized spacial score (nSPS) is 12.2. The molecule has 0 aliphatic heterocycles. The highest BCUT2D eigenvalue weighted by atomic mass is 35.5. The predicted molar refractivity (Wildman–Crippen MR) is 85.8 cm³/mol. The molecule has 0 saturated heterocycles. The van der Waals surface area contributed by atoms with Crippen molar-refractivity contribution in [2.75, 3.05) is 13.7 Å². The maximum Gasteiger partial charge on any atom is 0.124 e. The van der Waals surface area contributed by atoms with E-state index in [0.717, 1.165) is 21.7 Å². The van der Waals surface area contributed by atoms with E-state index in [0.29, 0.717) is 18.8 Å². The Balaban J connectivity index is 1.95. The lowest BCUT2D eigenvalue weighted by molar-refractivity contribution is 0.170. The Labute approximate surface area is 130 Å². The molecule has 1 unspecified atom stereocenters. The molecule has 21 heavy (non-hydrogen) atoms. The van der Waals surface area contributed by atoms with Crippen LogP contribution in [0.3, 0.4) is 0 Å². The summed E-state index contributed by atoms with van der Waals surface area (Å²) in [6, 6.07) is 13.5. The molecule has 0 radical (unpaired) electrons. The summed E-state index contributed by atoms with van der Waals surface area (Å²) in [5.41, 5.74) is 2.99. The Kier molecular flexibility index (Phi) is 5.62. The Bertz CT molecular complexity index is 601. The van der Waals surface area contributed by atoms with Crippen LogP contribution in [0.4, 0.5) is 0 Å². The molecule has 4 heteroatoms. The van der Waals surface area contributed by atoms with Crippen LogP contribution in [0.5, 0.6) is 5.75 Å². The Morgan fingerprint density at radius 1 is 1.24 bits per heavy atom. The highest BCUT2D eigenvalue weighted by Crippen LogP contribution is 2.25. The number of hydrogen-bond donors (Lipinski definition) is 2. The molecule has 0 bridgehead atoms. The largest absolute Gasteiger partial charge is 0.496 e. The van der Waals surface area contributed by atoms with E-state index in [-0.39, 0.29) is 0 Å². The van der Waals surface area contributed by atoms with Crippen LogP contribution < -0.4 is 10.1 Å². The van der Waals surface area contributed by atoms with E-state index in [4.69, 9.17) is 16.3 Å². The van der Waals surface area contributed by atoms with Crippen molar-refractivity contribution in [3.05, 3.63) is 64.2 Å². The fourth-order valence-corrected chi connectivity index (χ4v) is 2.44. The Morgan fingerprint density at radius 3 is 2.76 bits per heavy atom. The molecule has 3 nitrogen and oxygen atoms in total. The first-order valence-corrected chi connectivity index (χ1v) is 7.25. The number of hydrogen-bond acceptors (Lipinski definition) is 3. The van der Waals surface area contributed by atoms with Gasteiger partial charge >= 0.3 is 0 Å². The maximum absolute atomic E-state index is 10.3. The number of halogens is 1. The highest BCUT2D eigenvalue weighted by Gasteiger charge is 2.13. The minimum absolute atomic E-state index is 0.451. The average molecular weight is 306 g/mol. The second-order valence-electron chi connectivity index (χ2n) is 5.02. The second-order valence-corrected chi connectivity index (χ2v) is 5.46. The molecule has 112 valence electrons. The van der Waals surface area contributed by atoms with E-state index < -0.39 is 6.10 Å². The number of benzene rings is 2. The fraction of sp³-hybridized carbons (Fsp3) is 0.294. The van der Waals surface area contributed by atoms with E-state index in [9.17, 15) is 5.11 Å². The van der Waals surface area contributed by atoms with E-state index in [1.54, 1.807) is 7.11 Å². The van der Waals surface area contributed by atoms with Crippen molar-refractivity contribution in [2.45, 2.75) is 19.6 Å². The summed E-state index contributed by atoms with van der Waals surface area (Å²) < 4.78 is 5.30. The van der Waals surface area contributed by atoms with Crippen molar-refractivity contribution in [3.63, 3.8) is 0 Å². The predicted octanol–water partition coefficient (Wildman–Crippen LogP) is 3.48. The van der Waals surface area contributed by atoms with Crippen molar-refractivity contribution >= 4 is 11.6 Å². The van der Waals surface area contributed by atoms with Crippen LogP contribution in [0, 0.1) is 6.92 Å². The first-order chi connectivity index (χ1) is 10.1. The molecular formula is C17H20ClNO2. The molecule has 0 heterocycles. The van der Waals surface area contributed by atoms with Crippen LogP contribution in [0.15, 0.2) is 42.5 Å².